The van der Waals surface area contributed by atoms with Crippen LogP contribution in [0.4, 0.5) is 0 Å². The van der Waals surface area contributed by atoms with Gasteiger partial charge >= 0.3 is 0 Å². The number of likely N-dealkylation sites (tertiary alicyclic amines) is 1. The summed E-state index contributed by atoms with van der Waals surface area (Å²) in [5, 5.41) is 3.14. The van der Waals surface area contributed by atoms with E-state index in [9.17, 15) is 13.2 Å². The highest BCUT2D eigenvalue weighted by Gasteiger charge is 2.33. The highest BCUT2D eigenvalue weighted by Crippen LogP contribution is 2.21. The maximum atomic E-state index is 12.3. The van der Waals surface area contributed by atoms with Gasteiger partial charge in [0.1, 0.15) is 0 Å². The first kappa shape index (κ1) is 17.7. The Morgan fingerprint density at radius 1 is 1.05 bits per heavy atom. The minimum atomic E-state index is -3.35. The van der Waals surface area contributed by atoms with Crippen molar-refractivity contribution in [2.24, 2.45) is 5.92 Å². The molecule has 2 rings (SSSR count). The van der Waals surface area contributed by atoms with E-state index in [1.165, 1.54) is 22.7 Å². The third-order valence-corrected chi connectivity index (χ3v) is 6.62. The Bertz CT molecular complexity index is 478. The largest absolute Gasteiger partial charge is 0.353 e. The van der Waals surface area contributed by atoms with Crippen molar-refractivity contribution < 1.29 is 13.2 Å². The summed E-state index contributed by atoms with van der Waals surface area (Å²) >= 11 is 0. The molecule has 0 bridgehead atoms. The lowest BCUT2D eigenvalue weighted by molar-refractivity contribution is -0.127. The standard InChI is InChI=1S/C14H28N4O3S/c1-16(2)22(20,21)18-10-4-12(5-11-18)14(19)15-13-6-8-17(3)9-7-13/h12-13H,4-11H2,1-3H3,(H,15,19). The number of amides is 1. The molecular weight excluding hydrogens is 304 g/mol. The molecule has 0 unspecified atom stereocenters. The molecule has 7 nitrogen and oxygen atoms in total. The van der Waals surface area contributed by atoms with Crippen LogP contribution >= 0.6 is 0 Å². The van der Waals surface area contributed by atoms with Crippen LogP contribution < -0.4 is 5.32 Å². The zero-order chi connectivity index (χ0) is 16.3. The lowest BCUT2D eigenvalue weighted by Gasteiger charge is -2.34. The lowest BCUT2D eigenvalue weighted by Crippen LogP contribution is -2.49. The van der Waals surface area contributed by atoms with E-state index in [-0.39, 0.29) is 17.9 Å². The van der Waals surface area contributed by atoms with E-state index in [1.807, 2.05) is 0 Å². The van der Waals surface area contributed by atoms with Gasteiger partial charge in [0.25, 0.3) is 10.2 Å². The Hall–Kier alpha value is -0.700. The third-order valence-electron chi connectivity index (χ3n) is 4.68. The molecule has 0 saturated carbocycles. The van der Waals surface area contributed by atoms with E-state index in [4.69, 9.17) is 0 Å². The number of carbonyl (C=O) groups excluding carboxylic acids is 1. The summed E-state index contributed by atoms with van der Waals surface area (Å²) in [7, 11) is 1.82. The van der Waals surface area contributed by atoms with E-state index >= 15 is 0 Å². The van der Waals surface area contributed by atoms with Gasteiger partial charge in [0.2, 0.25) is 5.91 Å². The van der Waals surface area contributed by atoms with Crippen LogP contribution in [0.25, 0.3) is 0 Å². The molecule has 0 radical (unpaired) electrons. The number of piperidine rings is 2. The fourth-order valence-electron chi connectivity index (χ4n) is 3.05. The molecule has 0 aromatic carbocycles. The van der Waals surface area contributed by atoms with Crippen LogP contribution in [0.15, 0.2) is 0 Å². The molecule has 8 heteroatoms. The van der Waals surface area contributed by atoms with Crippen LogP contribution in [0.1, 0.15) is 25.7 Å². The number of nitrogens with zero attached hydrogens (tertiary/aromatic N) is 3. The van der Waals surface area contributed by atoms with E-state index in [0.717, 1.165) is 25.9 Å². The van der Waals surface area contributed by atoms with Crippen molar-refractivity contribution in [2.45, 2.75) is 31.7 Å². The van der Waals surface area contributed by atoms with Gasteiger partial charge in [-0.1, -0.05) is 0 Å². The number of hydrogen-bond acceptors (Lipinski definition) is 4. The Morgan fingerprint density at radius 3 is 2.09 bits per heavy atom. The van der Waals surface area contributed by atoms with E-state index in [1.54, 1.807) is 0 Å². The molecule has 0 aliphatic carbocycles. The van der Waals surface area contributed by atoms with Crippen molar-refractivity contribution >= 4 is 16.1 Å². The maximum absolute atomic E-state index is 12.3. The molecule has 22 heavy (non-hydrogen) atoms. The first-order valence-corrected chi connectivity index (χ1v) is 9.37. The van der Waals surface area contributed by atoms with Gasteiger partial charge in [-0.15, -0.1) is 0 Å². The van der Waals surface area contributed by atoms with Gasteiger partial charge < -0.3 is 10.2 Å². The molecule has 2 fully saturated rings. The molecule has 0 aromatic rings. The van der Waals surface area contributed by atoms with E-state index in [0.29, 0.717) is 25.9 Å². The molecule has 128 valence electrons. The van der Waals surface area contributed by atoms with Crippen LogP contribution in [0.5, 0.6) is 0 Å². The van der Waals surface area contributed by atoms with Crippen molar-refractivity contribution in [3.63, 3.8) is 0 Å². The number of carbonyl (C=O) groups is 1. The van der Waals surface area contributed by atoms with Gasteiger partial charge in [0.15, 0.2) is 0 Å². The van der Waals surface area contributed by atoms with Crippen LogP contribution in [0.3, 0.4) is 0 Å². The Morgan fingerprint density at radius 2 is 1.59 bits per heavy atom. The average molecular weight is 332 g/mol. The van der Waals surface area contributed by atoms with E-state index < -0.39 is 10.2 Å². The summed E-state index contributed by atoms with van der Waals surface area (Å²) in [6.07, 6.45) is 3.20. The second kappa shape index (κ2) is 7.25. The van der Waals surface area contributed by atoms with Gasteiger partial charge in [0, 0.05) is 39.1 Å². The molecule has 0 spiro atoms. The fourth-order valence-corrected chi connectivity index (χ4v) is 4.19. The number of hydrogen-bond donors (Lipinski definition) is 1. The average Bonchev–Trinajstić information content (AvgIpc) is 2.49. The zero-order valence-corrected chi connectivity index (χ0v) is 14.6. The first-order chi connectivity index (χ1) is 10.3. The number of nitrogens with one attached hydrogen (secondary N) is 1. The minimum Gasteiger partial charge on any atom is -0.353 e. The Kier molecular flexibility index (Phi) is 5.81. The maximum Gasteiger partial charge on any atom is 0.281 e. The van der Waals surface area contributed by atoms with Crippen LogP contribution in [0, 0.1) is 5.92 Å². The lowest BCUT2D eigenvalue weighted by atomic mass is 9.96. The summed E-state index contributed by atoms with van der Waals surface area (Å²) in [6.45, 7) is 2.88. The zero-order valence-electron chi connectivity index (χ0n) is 13.8. The Balaban J connectivity index is 1.80. The second-order valence-electron chi connectivity index (χ2n) is 6.55. The third kappa shape index (κ3) is 4.18. The van der Waals surface area contributed by atoms with Gasteiger partial charge in [-0.2, -0.15) is 17.0 Å². The van der Waals surface area contributed by atoms with Crippen LogP contribution in [0.2, 0.25) is 0 Å². The summed E-state index contributed by atoms with van der Waals surface area (Å²) in [5.41, 5.74) is 0. The van der Waals surface area contributed by atoms with E-state index in [2.05, 4.69) is 17.3 Å². The Labute approximate surface area is 133 Å². The summed E-state index contributed by atoms with van der Waals surface area (Å²) in [5.74, 6) is 0.0322. The van der Waals surface area contributed by atoms with Crippen molar-refractivity contribution in [2.75, 3.05) is 47.3 Å². The highest BCUT2D eigenvalue weighted by atomic mass is 32.2. The smallest absolute Gasteiger partial charge is 0.281 e. The van der Waals surface area contributed by atoms with Gasteiger partial charge in [-0.3, -0.25) is 4.79 Å². The van der Waals surface area contributed by atoms with Crippen molar-refractivity contribution in [3.8, 4) is 0 Å². The van der Waals surface area contributed by atoms with Crippen molar-refractivity contribution in [1.82, 2.24) is 18.8 Å². The SMILES string of the molecule is CN1CCC(NC(=O)C2CCN(S(=O)(=O)N(C)C)CC2)CC1. The summed E-state index contributed by atoms with van der Waals surface area (Å²) in [6, 6.07) is 0.271. The minimum absolute atomic E-state index is 0.0618. The van der Waals surface area contributed by atoms with Gasteiger partial charge in [-0.25, -0.2) is 0 Å². The van der Waals surface area contributed by atoms with Crippen molar-refractivity contribution in [3.05, 3.63) is 0 Å². The van der Waals surface area contributed by atoms with Crippen LogP contribution in [-0.4, -0.2) is 81.2 Å². The molecule has 2 aliphatic rings. The van der Waals surface area contributed by atoms with Crippen molar-refractivity contribution in [1.29, 1.82) is 0 Å². The molecule has 0 aromatic heterocycles. The second-order valence-corrected chi connectivity index (χ2v) is 8.69. The normalized spacial score (nSPS) is 23.8. The molecule has 2 heterocycles. The highest BCUT2D eigenvalue weighted by molar-refractivity contribution is 7.86. The fraction of sp³-hybridized carbons (Fsp3) is 0.929. The predicted octanol–water partition coefficient (Wildman–Crippen LogP) is -0.285. The monoisotopic (exact) mass is 332 g/mol. The topological polar surface area (TPSA) is 73.0 Å². The quantitative estimate of drug-likeness (QED) is 0.768. The van der Waals surface area contributed by atoms with Crippen LogP contribution in [-0.2, 0) is 15.0 Å². The first-order valence-electron chi connectivity index (χ1n) is 7.97. The molecule has 1 amide bonds. The van der Waals surface area contributed by atoms with Gasteiger partial charge in [-0.05, 0) is 45.8 Å². The molecule has 1 N–H and O–H groups in total. The molecule has 0 atom stereocenters. The number of rotatable bonds is 4. The molecular formula is C14H28N4O3S. The molecule has 2 saturated heterocycles. The summed E-state index contributed by atoms with van der Waals surface area (Å²) < 4.78 is 26.8. The van der Waals surface area contributed by atoms with Gasteiger partial charge in [0.05, 0.1) is 0 Å². The molecule has 2 aliphatic heterocycles. The predicted molar refractivity (Wildman–Crippen MR) is 85.6 cm³/mol. The summed E-state index contributed by atoms with van der Waals surface area (Å²) in [4.78, 5) is 14.6.